The highest BCUT2D eigenvalue weighted by molar-refractivity contribution is 7.81. The van der Waals surface area contributed by atoms with Crippen LogP contribution in [0.3, 0.4) is 0 Å². The number of halogens is 1. The molecule has 2 aliphatic heterocycles. The van der Waals surface area contributed by atoms with Crippen LogP contribution in [-0.2, 0) is 9.53 Å². The Morgan fingerprint density at radius 1 is 1.33 bits per heavy atom. The Balaban J connectivity index is 1.68. The zero-order valence-corrected chi connectivity index (χ0v) is 18.6. The van der Waals surface area contributed by atoms with E-state index in [0.29, 0.717) is 35.5 Å². The van der Waals surface area contributed by atoms with Gasteiger partial charge in [-0.1, -0.05) is 0 Å². The Kier molecular flexibility index (Phi) is 4.96. The molecule has 2 aromatic rings. The second-order valence-corrected chi connectivity index (χ2v) is 9.01. The van der Waals surface area contributed by atoms with Crippen molar-refractivity contribution in [3.8, 4) is 6.07 Å². The lowest BCUT2D eigenvalue weighted by atomic mass is 9.93. The summed E-state index contributed by atoms with van der Waals surface area (Å²) in [4.78, 5) is 28.4. The Hall–Kier alpha value is -3.35. The number of amides is 1. The average Bonchev–Trinajstić information content (AvgIpc) is 3.45. The Morgan fingerprint density at radius 2 is 2.09 bits per heavy atom. The van der Waals surface area contributed by atoms with Crippen LogP contribution in [0, 0.1) is 24.1 Å². The van der Waals surface area contributed by atoms with Gasteiger partial charge in [0.05, 0.1) is 35.2 Å². The van der Waals surface area contributed by atoms with Gasteiger partial charge in [-0.25, -0.2) is 9.18 Å². The molecule has 3 aliphatic rings. The number of thiocarbonyl (C=S) groups is 1. The first-order chi connectivity index (χ1) is 15.8. The first kappa shape index (κ1) is 21.5. The highest BCUT2D eigenvalue weighted by atomic mass is 32.1. The van der Waals surface area contributed by atoms with Gasteiger partial charge in [-0.3, -0.25) is 9.69 Å². The van der Waals surface area contributed by atoms with Crippen molar-refractivity contribution in [2.45, 2.75) is 37.6 Å². The van der Waals surface area contributed by atoms with Crippen molar-refractivity contribution in [1.29, 1.82) is 5.26 Å². The fourth-order valence-electron chi connectivity index (χ4n) is 4.75. The number of nitrogens with zero attached hydrogens (tertiary/aromatic N) is 3. The van der Waals surface area contributed by atoms with Crippen LogP contribution in [0.2, 0.25) is 0 Å². The number of carbonyl (C=O) groups excluding carboxylic acids is 1. The maximum Gasteiger partial charge on any atom is 0.338 e. The lowest BCUT2D eigenvalue weighted by molar-refractivity contribution is -0.121. The molecule has 33 heavy (non-hydrogen) atoms. The molecular formula is C24H20FN3O4S. The van der Waals surface area contributed by atoms with Crippen LogP contribution in [0.15, 0.2) is 30.3 Å². The van der Waals surface area contributed by atoms with Gasteiger partial charge in [0, 0.05) is 18.6 Å². The number of nitriles is 1. The SMILES string of the molecule is Cc1cc(N2C(=O)C3(CCOC3)N(c3ccc(C(=O)O)c(F)c3C3CC3)C2=S)ccc1C#N. The van der Waals surface area contributed by atoms with Crippen molar-refractivity contribution >= 4 is 40.6 Å². The number of hydrogen-bond acceptors (Lipinski definition) is 5. The molecular weight excluding hydrogens is 445 g/mol. The summed E-state index contributed by atoms with van der Waals surface area (Å²) in [5.41, 5.74) is 0.885. The standard InChI is InChI=1S/C24H20FN3O4S/c1-13-10-16(5-4-15(13)11-26)27-22(31)24(8-9-32-12-24)28(23(27)33)18-7-6-17(21(29)30)20(25)19(18)14-2-3-14/h4-7,10,14H,2-3,8-9,12H2,1H3,(H,29,30). The smallest absolute Gasteiger partial charge is 0.338 e. The van der Waals surface area contributed by atoms with Crippen molar-refractivity contribution in [2.24, 2.45) is 0 Å². The number of carboxylic acid groups (broad SMARTS) is 1. The first-order valence-corrected chi connectivity index (χ1v) is 11.0. The third kappa shape index (κ3) is 3.13. The predicted molar refractivity (Wildman–Crippen MR) is 122 cm³/mol. The van der Waals surface area contributed by atoms with Crippen molar-refractivity contribution < 1.29 is 23.8 Å². The molecule has 0 radical (unpaired) electrons. The number of ether oxygens (including phenoxy) is 1. The molecule has 0 aromatic heterocycles. The number of carbonyl (C=O) groups is 2. The summed E-state index contributed by atoms with van der Waals surface area (Å²) in [5, 5.41) is 18.9. The van der Waals surface area contributed by atoms with E-state index in [2.05, 4.69) is 6.07 Å². The number of hydrogen-bond donors (Lipinski definition) is 1. The first-order valence-electron chi connectivity index (χ1n) is 10.6. The fourth-order valence-corrected chi connectivity index (χ4v) is 5.21. The molecule has 1 atom stereocenters. The van der Waals surface area contributed by atoms with Gasteiger partial charge >= 0.3 is 5.97 Å². The highest BCUT2D eigenvalue weighted by Gasteiger charge is 2.59. The summed E-state index contributed by atoms with van der Waals surface area (Å²) >= 11 is 5.78. The summed E-state index contributed by atoms with van der Waals surface area (Å²) in [6, 6.07) is 9.92. The minimum absolute atomic E-state index is 0.0874. The maximum atomic E-state index is 15.4. The molecule has 2 aromatic carbocycles. The van der Waals surface area contributed by atoms with Crippen LogP contribution < -0.4 is 9.80 Å². The summed E-state index contributed by atoms with van der Waals surface area (Å²) < 4.78 is 21.0. The maximum absolute atomic E-state index is 15.4. The fraction of sp³-hybridized carbons (Fsp3) is 0.333. The van der Waals surface area contributed by atoms with Crippen LogP contribution in [-0.4, -0.2) is 40.8 Å². The summed E-state index contributed by atoms with van der Waals surface area (Å²) in [7, 11) is 0. The summed E-state index contributed by atoms with van der Waals surface area (Å²) in [6.45, 7) is 2.22. The zero-order chi connectivity index (χ0) is 23.5. The lowest BCUT2D eigenvalue weighted by Gasteiger charge is -2.33. The number of rotatable bonds is 4. The predicted octanol–water partition coefficient (Wildman–Crippen LogP) is 3.88. The normalized spacial score (nSPS) is 22.3. The zero-order valence-electron chi connectivity index (χ0n) is 17.8. The van der Waals surface area contributed by atoms with Crippen LogP contribution in [0.4, 0.5) is 15.8 Å². The van der Waals surface area contributed by atoms with E-state index in [1.807, 2.05) is 0 Å². The second-order valence-electron chi connectivity index (χ2n) is 8.64. The molecule has 1 unspecified atom stereocenters. The van der Waals surface area contributed by atoms with Crippen molar-refractivity contribution in [1.82, 2.24) is 0 Å². The van der Waals surface area contributed by atoms with Crippen molar-refractivity contribution in [3.05, 3.63) is 58.4 Å². The lowest BCUT2D eigenvalue weighted by Crippen LogP contribution is -2.51. The van der Waals surface area contributed by atoms with Gasteiger partial charge in [-0.05, 0) is 73.8 Å². The van der Waals surface area contributed by atoms with Crippen LogP contribution >= 0.6 is 12.2 Å². The van der Waals surface area contributed by atoms with Gasteiger partial charge in [-0.2, -0.15) is 5.26 Å². The van der Waals surface area contributed by atoms with Crippen LogP contribution in [0.1, 0.15) is 52.2 Å². The number of aryl methyl sites for hydroxylation is 1. The number of aromatic carboxylic acids is 1. The molecule has 1 amide bonds. The van der Waals surface area contributed by atoms with E-state index in [4.69, 9.17) is 17.0 Å². The summed E-state index contributed by atoms with van der Waals surface area (Å²) in [5.74, 6) is -2.52. The largest absolute Gasteiger partial charge is 0.478 e. The van der Waals surface area contributed by atoms with Gasteiger partial charge in [0.15, 0.2) is 10.7 Å². The van der Waals surface area contributed by atoms with Gasteiger partial charge in [0.25, 0.3) is 5.91 Å². The number of benzene rings is 2. The van der Waals surface area contributed by atoms with Gasteiger partial charge in [0.2, 0.25) is 0 Å². The van der Waals surface area contributed by atoms with E-state index in [-0.39, 0.29) is 29.1 Å². The van der Waals surface area contributed by atoms with E-state index in [0.717, 1.165) is 12.8 Å². The monoisotopic (exact) mass is 465 g/mol. The second kappa shape index (κ2) is 7.61. The Bertz CT molecular complexity index is 1260. The molecule has 9 heteroatoms. The van der Waals surface area contributed by atoms with E-state index in [1.165, 1.54) is 11.0 Å². The molecule has 3 fully saturated rings. The average molecular weight is 466 g/mol. The molecule has 1 N–H and O–H groups in total. The highest BCUT2D eigenvalue weighted by Crippen LogP contribution is 2.50. The van der Waals surface area contributed by atoms with Gasteiger partial charge in [0.1, 0.15) is 5.82 Å². The third-order valence-corrected chi connectivity index (χ3v) is 6.98. The van der Waals surface area contributed by atoms with Crippen LogP contribution in [0.5, 0.6) is 0 Å². The molecule has 168 valence electrons. The Labute approximate surface area is 195 Å². The molecule has 7 nitrogen and oxygen atoms in total. The van der Waals surface area contributed by atoms with E-state index < -0.39 is 22.9 Å². The van der Waals surface area contributed by atoms with E-state index >= 15 is 4.39 Å². The Morgan fingerprint density at radius 3 is 2.67 bits per heavy atom. The van der Waals surface area contributed by atoms with Gasteiger partial charge < -0.3 is 14.7 Å². The number of anilines is 2. The summed E-state index contributed by atoms with van der Waals surface area (Å²) in [6.07, 6.45) is 1.84. The third-order valence-electron chi connectivity index (χ3n) is 6.61. The van der Waals surface area contributed by atoms with Crippen LogP contribution in [0.25, 0.3) is 0 Å². The van der Waals surface area contributed by atoms with Gasteiger partial charge in [-0.15, -0.1) is 0 Å². The minimum Gasteiger partial charge on any atom is -0.478 e. The minimum atomic E-state index is -1.34. The molecule has 1 aliphatic carbocycles. The van der Waals surface area contributed by atoms with Crippen molar-refractivity contribution in [3.63, 3.8) is 0 Å². The molecule has 0 bridgehead atoms. The quantitative estimate of drug-likeness (QED) is 0.685. The van der Waals surface area contributed by atoms with E-state index in [1.54, 1.807) is 36.1 Å². The molecule has 2 heterocycles. The molecule has 5 rings (SSSR count). The molecule has 2 saturated heterocycles. The number of carboxylic acids is 1. The molecule has 1 saturated carbocycles. The topological polar surface area (TPSA) is 93.9 Å². The van der Waals surface area contributed by atoms with Crippen molar-refractivity contribution in [2.75, 3.05) is 23.0 Å². The molecule has 1 spiro atoms. The van der Waals surface area contributed by atoms with E-state index in [9.17, 15) is 20.0 Å².